The number of β-amino-alcohol motifs (C(OH)–C–C–N with tert-alkyl or cyclic N) is 1. The molecule has 2 amide bonds. The summed E-state index contributed by atoms with van der Waals surface area (Å²) in [7, 11) is 0. The number of fused-ring (bicyclic) bond motifs is 2. The highest BCUT2D eigenvalue weighted by molar-refractivity contribution is 7.13. The van der Waals surface area contributed by atoms with E-state index in [1.807, 2.05) is 81.9 Å². The van der Waals surface area contributed by atoms with E-state index in [1.54, 1.807) is 29.5 Å². The van der Waals surface area contributed by atoms with E-state index >= 15 is 0 Å². The van der Waals surface area contributed by atoms with Crippen molar-refractivity contribution < 1.29 is 33.8 Å². The summed E-state index contributed by atoms with van der Waals surface area (Å²) in [5.41, 5.74) is 14.5. The number of nitrogens with zero attached hydrogens (tertiary/aromatic N) is 9. The third-order valence-corrected chi connectivity index (χ3v) is 18.1. The molecule has 11 rings (SSSR count). The van der Waals surface area contributed by atoms with Gasteiger partial charge in [0.1, 0.15) is 23.8 Å². The van der Waals surface area contributed by atoms with Crippen LogP contribution in [0.15, 0.2) is 89.0 Å². The second-order valence-electron chi connectivity index (χ2n) is 22.9. The number of nitrogens with two attached hydrogens (primary N) is 1. The molecule has 19 heteroatoms. The van der Waals surface area contributed by atoms with Gasteiger partial charge >= 0.3 is 0 Å². The zero-order valence-electron chi connectivity index (χ0n) is 45.3. The number of pyridine rings is 1. The van der Waals surface area contributed by atoms with E-state index in [2.05, 4.69) is 64.4 Å². The van der Waals surface area contributed by atoms with Crippen molar-refractivity contribution >= 4 is 40.3 Å². The minimum atomic E-state index is -0.821. The normalized spacial score (nSPS) is 25.0. The lowest BCUT2D eigenvalue weighted by Crippen LogP contribution is -2.54. The molecule has 2 aromatic carbocycles. The molecule has 5 fully saturated rings. The topological polar surface area (TPSA) is 222 Å². The predicted octanol–water partition coefficient (Wildman–Crippen LogP) is 8.27. The molecule has 1 unspecified atom stereocenters. The van der Waals surface area contributed by atoms with E-state index in [4.69, 9.17) is 19.7 Å². The average Bonchev–Trinajstić information content (AvgIpc) is 4.31. The number of likely N-dealkylation sites (tertiary alicyclic amines) is 2. The third-order valence-electron chi connectivity index (χ3n) is 17.1. The number of aliphatic hydroxyl groups excluding tert-OH is 1. The average molecular weight is 1080 g/mol. The number of phenolic OH excluding ortho intramolecular Hbond substituents is 1. The van der Waals surface area contributed by atoms with Crippen LogP contribution in [0.1, 0.15) is 102 Å². The number of anilines is 3. The molecular weight excluding hydrogens is 1010 g/mol. The van der Waals surface area contributed by atoms with Gasteiger partial charge in [0.25, 0.3) is 5.88 Å². The summed E-state index contributed by atoms with van der Waals surface area (Å²) in [4.78, 5) is 47.2. The molecule has 412 valence electrons. The Hall–Kier alpha value is -6.83. The van der Waals surface area contributed by atoms with Crippen molar-refractivity contribution in [3.05, 3.63) is 102 Å². The molecule has 5 N–H and O–H groups in total. The third kappa shape index (κ3) is 11.4. The van der Waals surface area contributed by atoms with Crippen molar-refractivity contribution in [3.63, 3.8) is 0 Å². The van der Waals surface area contributed by atoms with Gasteiger partial charge in [0, 0.05) is 80.8 Å². The monoisotopic (exact) mass is 1080 g/mol. The number of piperazine rings is 1. The van der Waals surface area contributed by atoms with Crippen molar-refractivity contribution in [1.29, 1.82) is 0 Å². The fourth-order valence-corrected chi connectivity index (χ4v) is 13.7. The number of aliphatic hydroxyl groups is 1. The van der Waals surface area contributed by atoms with Gasteiger partial charge in [-0.3, -0.25) is 9.59 Å². The zero-order chi connectivity index (χ0) is 54.2. The molecule has 4 aromatic heterocycles. The van der Waals surface area contributed by atoms with Crippen molar-refractivity contribution in [3.8, 4) is 39.2 Å². The maximum Gasteiger partial charge on any atom is 0.254 e. The van der Waals surface area contributed by atoms with Gasteiger partial charge in [0.2, 0.25) is 17.7 Å². The second-order valence-corrected chi connectivity index (χ2v) is 23.7. The van der Waals surface area contributed by atoms with Gasteiger partial charge in [0.05, 0.1) is 46.2 Å². The van der Waals surface area contributed by atoms with Crippen LogP contribution in [0.3, 0.4) is 0 Å². The number of para-hydroxylation sites is 1. The SMILES string of the molecule is Cc1ncsc1-c1ccc([C@H](C)NC(=O)[C@@H]2C[C@@H](O)CN2C(=O)[C@H](c2cc(OCC[C@@H]3CCN(CC4CC(Oc5cc(N6C7CC[C@@H]6CN(c6cc(-c8ccccc8O)nnc6N)C7)ccn5)C4)C[C@H]3C)no2)C(C)C)cc1. The Balaban J connectivity index is 0.610. The van der Waals surface area contributed by atoms with Crippen LogP contribution < -0.4 is 30.3 Å². The Morgan fingerprint density at radius 2 is 1.71 bits per heavy atom. The number of piperidine rings is 1. The highest BCUT2D eigenvalue weighted by Gasteiger charge is 2.45. The minimum absolute atomic E-state index is 0.0620. The van der Waals surface area contributed by atoms with Crippen LogP contribution in [0.2, 0.25) is 0 Å². The number of benzene rings is 2. The van der Waals surface area contributed by atoms with Crippen LogP contribution in [0.25, 0.3) is 21.7 Å². The number of amides is 2. The van der Waals surface area contributed by atoms with Gasteiger partial charge in [-0.05, 0) is 123 Å². The molecule has 0 spiro atoms. The first-order chi connectivity index (χ1) is 37.7. The summed E-state index contributed by atoms with van der Waals surface area (Å²) in [6.45, 7) is 15.5. The first-order valence-electron chi connectivity index (χ1n) is 27.9. The Morgan fingerprint density at radius 3 is 2.44 bits per heavy atom. The summed E-state index contributed by atoms with van der Waals surface area (Å²) < 4.78 is 18.4. The summed E-state index contributed by atoms with van der Waals surface area (Å²) in [6, 6.07) is 22.6. The number of aromatic hydroxyl groups is 1. The number of carbonyl (C=O) groups excluding carboxylic acids is 2. The van der Waals surface area contributed by atoms with Gasteiger partial charge in [0.15, 0.2) is 11.6 Å². The lowest BCUT2D eigenvalue weighted by Gasteiger charge is -2.44. The summed E-state index contributed by atoms with van der Waals surface area (Å²) in [5, 5.41) is 37.1. The maximum atomic E-state index is 14.3. The summed E-state index contributed by atoms with van der Waals surface area (Å²) in [5.74, 6) is 2.13. The van der Waals surface area contributed by atoms with Crippen LogP contribution in [-0.4, -0.2) is 133 Å². The van der Waals surface area contributed by atoms with Gasteiger partial charge in [-0.25, -0.2) is 9.97 Å². The van der Waals surface area contributed by atoms with E-state index in [-0.39, 0.29) is 48.6 Å². The molecule has 18 nitrogen and oxygen atoms in total. The molecule has 6 aromatic rings. The largest absolute Gasteiger partial charge is 0.507 e. The van der Waals surface area contributed by atoms with Crippen LogP contribution in [0, 0.1) is 30.6 Å². The van der Waals surface area contributed by atoms with Crippen LogP contribution in [-0.2, 0) is 9.59 Å². The molecule has 4 aliphatic heterocycles. The van der Waals surface area contributed by atoms with Gasteiger partial charge in [-0.2, -0.15) is 0 Å². The molecule has 1 aliphatic carbocycles. The lowest BCUT2D eigenvalue weighted by atomic mass is 9.80. The number of phenols is 1. The molecule has 2 bridgehead atoms. The summed E-state index contributed by atoms with van der Waals surface area (Å²) in [6.07, 6.45) is 7.55. The van der Waals surface area contributed by atoms with E-state index in [1.165, 1.54) is 4.90 Å². The molecule has 5 aliphatic rings. The number of carbonyl (C=O) groups is 2. The Morgan fingerprint density at radius 1 is 0.923 bits per heavy atom. The fraction of sp³-hybridized carbons (Fsp3) is 0.508. The van der Waals surface area contributed by atoms with Crippen LogP contribution in [0.5, 0.6) is 17.5 Å². The van der Waals surface area contributed by atoms with Gasteiger partial charge in [-0.1, -0.05) is 57.2 Å². The number of aryl methyl sites for hydroxylation is 1. The fourth-order valence-electron chi connectivity index (χ4n) is 12.9. The highest BCUT2D eigenvalue weighted by atomic mass is 32.1. The van der Waals surface area contributed by atoms with Gasteiger partial charge in [-0.15, -0.1) is 21.5 Å². The number of aromatic nitrogens is 5. The van der Waals surface area contributed by atoms with Crippen molar-refractivity contribution in [2.24, 2.45) is 23.7 Å². The molecule has 0 radical (unpaired) electrons. The minimum Gasteiger partial charge on any atom is -0.507 e. The molecule has 4 saturated heterocycles. The maximum absolute atomic E-state index is 14.3. The highest BCUT2D eigenvalue weighted by Crippen LogP contribution is 2.41. The molecule has 8 atom stereocenters. The number of nitrogens with one attached hydrogen (secondary N) is 1. The Kier molecular flexibility index (Phi) is 15.6. The standard InChI is InChI=1S/C59H73N11O7S/c1-34(2)55(59(74)69-32-45(71)25-50(69)58(73)63-36(4)40-10-12-41(13-11-40)56-37(5)62-33-78-56)52-27-54(66-77-52)75-21-18-39-17-20-67(28-35(39)3)29-38-22-46(23-38)76-53-24-42(16-19-61-53)70-43-14-15-44(70)31-68(30-43)49-26-48(64-65-57(49)60)47-8-6-7-9-51(47)72/h6-13,16,19,24,26-27,33-36,38-39,43-46,50,55,71-72H,14-15,17-18,20-23,25,28-32H2,1-5H3,(H2,60,65)(H,63,73)/t35-,36+,38?,39+,43-,44?,45-,46?,50+,55+/m1/s1. The van der Waals surface area contributed by atoms with Crippen molar-refractivity contribution in [2.75, 3.05) is 61.4 Å². The quantitative estimate of drug-likeness (QED) is 0.0636. The van der Waals surface area contributed by atoms with E-state index < -0.39 is 18.1 Å². The number of ether oxygens (including phenoxy) is 2. The first kappa shape index (κ1) is 53.2. The lowest BCUT2D eigenvalue weighted by molar-refractivity contribution is -0.141. The number of nitrogen functional groups attached to an aromatic ring is 1. The Bertz CT molecular complexity index is 3040. The van der Waals surface area contributed by atoms with Crippen LogP contribution in [0.4, 0.5) is 17.2 Å². The van der Waals surface area contributed by atoms with E-state index in [0.717, 1.165) is 104 Å². The molecular formula is C59H73N11O7S. The molecule has 78 heavy (non-hydrogen) atoms. The van der Waals surface area contributed by atoms with Crippen LogP contribution >= 0.6 is 11.3 Å². The summed E-state index contributed by atoms with van der Waals surface area (Å²) >= 11 is 1.60. The predicted molar refractivity (Wildman–Crippen MR) is 299 cm³/mol. The smallest absolute Gasteiger partial charge is 0.254 e. The van der Waals surface area contributed by atoms with Crippen molar-refractivity contribution in [2.45, 2.75) is 122 Å². The number of hydrogen-bond donors (Lipinski definition) is 4. The first-order valence-corrected chi connectivity index (χ1v) is 28.8. The second kappa shape index (κ2) is 22.9. The molecule has 8 heterocycles. The van der Waals surface area contributed by atoms with Crippen molar-refractivity contribution in [1.82, 2.24) is 40.4 Å². The van der Waals surface area contributed by atoms with Gasteiger partial charge < -0.3 is 54.9 Å². The molecule has 1 saturated carbocycles. The van der Waals surface area contributed by atoms with E-state index in [0.29, 0.717) is 71.0 Å². The Labute approximate surface area is 460 Å². The number of rotatable bonds is 18. The number of thiazole rings is 1. The number of hydrogen-bond acceptors (Lipinski definition) is 17. The van der Waals surface area contributed by atoms with E-state index in [9.17, 15) is 19.8 Å². The zero-order valence-corrected chi connectivity index (χ0v) is 46.1.